The molecule has 8 heteroatoms. The van der Waals surface area contributed by atoms with E-state index in [1.54, 1.807) is 21.7 Å². The van der Waals surface area contributed by atoms with Crippen LogP contribution in [0.4, 0.5) is 0 Å². The van der Waals surface area contributed by atoms with Gasteiger partial charge in [-0.1, -0.05) is 51.1 Å². The molecule has 1 aliphatic rings. The van der Waals surface area contributed by atoms with Crippen molar-refractivity contribution in [2.24, 2.45) is 5.41 Å². The van der Waals surface area contributed by atoms with Crippen LogP contribution >= 0.6 is 0 Å². The molecular formula is C27H31N5O3. The van der Waals surface area contributed by atoms with Crippen LogP contribution in [0.1, 0.15) is 55.2 Å². The van der Waals surface area contributed by atoms with Gasteiger partial charge >= 0.3 is 0 Å². The molecule has 4 rings (SSSR count). The fourth-order valence-corrected chi connectivity index (χ4v) is 4.39. The first-order valence-electron chi connectivity index (χ1n) is 11.9. The molecule has 1 aliphatic heterocycles. The van der Waals surface area contributed by atoms with Crippen molar-refractivity contribution in [1.82, 2.24) is 20.0 Å². The molecule has 2 aromatic carbocycles. The van der Waals surface area contributed by atoms with Crippen LogP contribution in [0.25, 0.3) is 10.9 Å². The number of benzene rings is 2. The third-order valence-corrected chi connectivity index (χ3v) is 6.45. The number of para-hydroxylation sites is 1. The monoisotopic (exact) mass is 473 g/mol. The van der Waals surface area contributed by atoms with Crippen molar-refractivity contribution < 1.29 is 14.7 Å². The van der Waals surface area contributed by atoms with Crippen molar-refractivity contribution in [3.05, 3.63) is 65.4 Å². The molecule has 8 nitrogen and oxygen atoms in total. The molecule has 1 aromatic heterocycles. The van der Waals surface area contributed by atoms with Crippen LogP contribution < -0.4 is 5.32 Å². The van der Waals surface area contributed by atoms with Gasteiger partial charge < -0.3 is 15.3 Å². The number of hydrogen-bond donors (Lipinski definition) is 2. The number of piperidine rings is 1. The smallest absolute Gasteiger partial charge is 0.273 e. The van der Waals surface area contributed by atoms with E-state index < -0.39 is 17.4 Å². The molecule has 0 spiro atoms. The molecule has 1 fully saturated rings. The van der Waals surface area contributed by atoms with E-state index in [9.17, 15) is 14.7 Å². The number of hydrogen-bond acceptors (Lipinski definition) is 5. The highest BCUT2D eigenvalue weighted by atomic mass is 16.3. The number of aliphatic hydroxyl groups excluding tert-OH is 1. The van der Waals surface area contributed by atoms with Gasteiger partial charge in [-0.25, -0.2) is 0 Å². The Kier molecular flexibility index (Phi) is 6.90. The molecule has 2 heterocycles. The normalized spacial score (nSPS) is 15.6. The van der Waals surface area contributed by atoms with Gasteiger partial charge in [-0.05, 0) is 42.0 Å². The molecule has 3 aromatic rings. The van der Waals surface area contributed by atoms with Gasteiger partial charge in [-0.2, -0.15) is 10.4 Å². The predicted molar refractivity (Wildman–Crippen MR) is 133 cm³/mol. The number of fused-ring (bicyclic) bond motifs is 1. The first-order chi connectivity index (χ1) is 16.7. The number of aliphatic hydroxyl groups is 1. The lowest BCUT2D eigenvalue weighted by Crippen LogP contribution is -2.56. The number of likely N-dealkylation sites (tertiary alicyclic amines) is 1. The summed E-state index contributed by atoms with van der Waals surface area (Å²) in [5.41, 5.74) is 2.11. The number of aromatic nitrogens is 2. The van der Waals surface area contributed by atoms with E-state index in [0.717, 1.165) is 11.1 Å². The number of nitriles is 1. The minimum absolute atomic E-state index is 0.140. The average molecular weight is 474 g/mol. The molecule has 0 bridgehead atoms. The molecular weight excluding hydrogens is 442 g/mol. The van der Waals surface area contributed by atoms with Gasteiger partial charge in [0.05, 0.1) is 29.8 Å². The molecule has 0 aliphatic carbocycles. The van der Waals surface area contributed by atoms with Gasteiger partial charge in [0.15, 0.2) is 5.69 Å². The lowest BCUT2D eigenvalue weighted by molar-refractivity contribution is -0.137. The van der Waals surface area contributed by atoms with Gasteiger partial charge in [0.1, 0.15) is 6.04 Å². The Morgan fingerprint density at radius 1 is 1.14 bits per heavy atom. The van der Waals surface area contributed by atoms with Gasteiger partial charge in [0, 0.05) is 18.5 Å². The standard InChI is InChI=1S/C27H31N5O3/c1-27(2,3)24(26(35)31-14-12-20(33)13-15-31)29-25(34)23-21-6-4-5-7-22(21)32(30-23)17-19-10-8-18(16-28)9-11-19/h4-11,20,24,33H,12-15,17H2,1-3H3,(H,29,34). The summed E-state index contributed by atoms with van der Waals surface area (Å²) in [5, 5.41) is 27.1. The minimum atomic E-state index is -0.729. The van der Waals surface area contributed by atoms with E-state index in [2.05, 4.69) is 16.5 Å². The number of carbonyl (C=O) groups excluding carboxylic acids is 2. The number of carbonyl (C=O) groups is 2. The van der Waals surface area contributed by atoms with Crippen molar-refractivity contribution >= 4 is 22.7 Å². The zero-order valence-electron chi connectivity index (χ0n) is 20.4. The third kappa shape index (κ3) is 5.36. The first-order valence-corrected chi connectivity index (χ1v) is 11.9. The summed E-state index contributed by atoms with van der Waals surface area (Å²) in [7, 11) is 0. The molecule has 0 saturated carbocycles. The lowest BCUT2D eigenvalue weighted by Gasteiger charge is -2.37. The first kappa shape index (κ1) is 24.4. The second kappa shape index (κ2) is 9.88. The molecule has 2 N–H and O–H groups in total. The minimum Gasteiger partial charge on any atom is -0.393 e. The molecule has 35 heavy (non-hydrogen) atoms. The van der Waals surface area contributed by atoms with Crippen LogP contribution in [-0.2, 0) is 11.3 Å². The fraction of sp³-hybridized carbons (Fsp3) is 0.407. The highest BCUT2D eigenvalue weighted by Gasteiger charge is 2.37. The van der Waals surface area contributed by atoms with Gasteiger partial charge in [0.25, 0.3) is 5.91 Å². The van der Waals surface area contributed by atoms with E-state index in [1.165, 1.54) is 0 Å². The Bertz CT molecular complexity index is 1260. The van der Waals surface area contributed by atoms with Crippen LogP contribution in [0.15, 0.2) is 48.5 Å². The number of amides is 2. The maximum atomic E-state index is 13.5. The Morgan fingerprint density at radius 3 is 2.43 bits per heavy atom. The van der Waals surface area contributed by atoms with Gasteiger partial charge in [-0.3, -0.25) is 14.3 Å². The van der Waals surface area contributed by atoms with E-state index in [0.29, 0.717) is 43.4 Å². The Balaban J connectivity index is 1.60. The summed E-state index contributed by atoms with van der Waals surface area (Å²) in [5.74, 6) is -0.538. The predicted octanol–water partition coefficient (Wildman–Crippen LogP) is 3.08. The number of nitrogens with one attached hydrogen (secondary N) is 1. The van der Waals surface area contributed by atoms with Crippen LogP contribution in [0.3, 0.4) is 0 Å². The molecule has 1 unspecified atom stereocenters. The summed E-state index contributed by atoms with van der Waals surface area (Å²) < 4.78 is 1.77. The lowest BCUT2D eigenvalue weighted by atomic mass is 9.85. The largest absolute Gasteiger partial charge is 0.393 e. The quantitative estimate of drug-likeness (QED) is 0.592. The van der Waals surface area contributed by atoms with Crippen LogP contribution in [-0.4, -0.2) is 56.8 Å². The summed E-state index contributed by atoms with van der Waals surface area (Å²) in [6, 6.07) is 16.2. The van der Waals surface area contributed by atoms with Gasteiger partial charge in [-0.15, -0.1) is 0 Å². The third-order valence-electron chi connectivity index (χ3n) is 6.45. The molecule has 0 radical (unpaired) electrons. The van der Waals surface area contributed by atoms with Crippen LogP contribution in [0, 0.1) is 16.7 Å². The SMILES string of the molecule is CC(C)(C)C(NC(=O)c1nn(Cc2ccc(C#N)cc2)c2ccccc12)C(=O)N1CCC(O)CC1. The van der Waals surface area contributed by atoms with Crippen molar-refractivity contribution in [2.75, 3.05) is 13.1 Å². The second-order valence-electron chi connectivity index (χ2n) is 10.2. The number of nitrogens with zero attached hydrogens (tertiary/aromatic N) is 4. The summed E-state index contributed by atoms with van der Waals surface area (Å²) >= 11 is 0. The van der Waals surface area contributed by atoms with Crippen molar-refractivity contribution in [3.8, 4) is 6.07 Å². The average Bonchev–Trinajstić information content (AvgIpc) is 3.21. The molecule has 2 amide bonds. The Hall–Kier alpha value is -3.70. The Labute approximate surface area is 205 Å². The second-order valence-corrected chi connectivity index (χ2v) is 10.2. The van der Waals surface area contributed by atoms with E-state index in [4.69, 9.17) is 5.26 Å². The van der Waals surface area contributed by atoms with Crippen LogP contribution in [0.2, 0.25) is 0 Å². The van der Waals surface area contributed by atoms with Crippen molar-refractivity contribution in [3.63, 3.8) is 0 Å². The highest BCUT2D eigenvalue weighted by molar-refractivity contribution is 6.06. The summed E-state index contributed by atoms with van der Waals surface area (Å²) in [6.07, 6.45) is 0.704. The Morgan fingerprint density at radius 2 is 1.80 bits per heavy atom. The molecule has 1 saturated heterocycles. The van der Waals surface area contributed by atoms with E-state index in [1.807, 2.05) is 57.2 Å². The van der Waals surface area contributed by atoms with Crippen molar-refractivity contribution in [2.45, 2.75) is 52.3 Å². The highest BCUT2D eigenvalue weighted by Crippen LogP contribution is 2.25. The summed E-state index contributed by atoms with van der Waals surface area (Å²) in [6.45, 7) is 7.18. The topological polar surface area (TPSA) is 111 Å². The number of rotatable bonds is 5. The van der Waals surface area contributed by atoms with Gasteiger partial charge in [0.2, 0.25) is 5.91 Å². The maximum Gasteiger partial charge on any atom is 0.273 e. The maximum absolute atomic E-state index is 13.5. The van der Waals surface area contributed by atoms with E-state index >= 15 is 0 Å². The zero-order valence-corrected chi connectivity index (χ0v) is 20.4. The zero-order chi connectivity index (χ0) is 25.2. The summed E-state index contributed by atoms with van der Waals surface area (Å²) in [4.78, 5) is 28.6. The molecule has 1 atom stereocenters. The van der Waals surface area contributed by atoms with Crippen LogP contribution in [0.5, 0.6) is 0 Å². The van der Waals surface area contributed by atoms with Crippen molar-refractivity contribution in [1.29, 1.82) is 5.26 Å². The fourth-order valence-electron chi connectivity index (χ4n) is 4.39. The van der Waals surface area contributed by atoms with E-state index in [-0.39, 0.29) is 17.7 Å². The molecule has 182 valence electrons.